The van der Waals surface area contributed by atoms with E-state index in [1.54, 1.807) is 66.7 Å². The molecule has 0 aromatic heterocycles. The van der Waals surface area contributed by atoms with Gasteiger partial charge in [-0.3, -0.25) is 14.5 Å². The molecule has 9 heteroatoms. The second-order valence-electron chi connectivity index (χ2n) is 11.0. The van der Waals surface area contributed by atoms with Crippen LogP contribution in [0.15, 0.2) is 83.9 Å². The Morgan fingerprint density at radius 3 is 2.12 bits per heavy atom. The first-order chi connectivity index (χ1) is 20.0. The number of fused-ring (bicyclic) bond motifs is 5. The monoisotopic (exact) mass is 553 g/mol. The molecule has 0 radical (unpaired) electrons. The molecule has 3 aromatic rings. The number of benzene rings is 3. The lowest BCUT2D eigenvalue weighted by Gasteiger charge is -2.29. The standard InChI is InChI=1S/C32H32FN5O3/c33-26-12-6-4-10-24(26)29-25-11-5-7-13-27(25)38(20-28(39)37-18-21-14-15-22(19-37)17-16-21)31(40)30(35-29)36-32(41)34-23-8-2-1-3-9-23/h1-13,21-22,30H,14-20H2,(H2,34,36,41). The molecule has 3 heterocycles. The quantitative estimate of drug-likeness (QED) is 0.475. The summed E-state index contributed by atoms with van der Waals surface area (Å²) in [4.78, 5) is 48.7. The van der Waals surface area contributed by atoms with Crippen LogP contribution >= 0.6 is 0 Å². The fourth-order valence-corrected chi connectivity index (χ4v) is 6.10. The number of urea groups is 1. The van der Waals surface area contributed by atoms with Crippen molar-refractivity contribution in [1.29, 1.82) is 0 Å². The van der Waals surface area contributed by atoms with E-state index in [2.05, 4.69) is 15.6 Å². The van der Waals surface area contributed by atoms with E-state index in [0.717, 1.165) is 25.7 Å². The fraction of sp³-hybridized carbons (Fsp3) is 0.312. The van der Waals surface area contributed by atoms with Crippen molar-refractivity contribution >= 4 is 34.9 Å². The molecule has 3 aliphatic heterocycles. The summed E-state index contributed by atoms with van der Waals surface area (Å²) in [6, 6.07) is 21.4. The molecule has 41 heavy (non-hydrogen) atoms. The van der Waals surface area contributed by atoms with Crippen molar-refractivity contribution in [3.63, 3.8) is 0 Å². The highest BCUT2D eigenvalue weighted by Gasteiger charge is 2.37. The summed E-state index contributed by atoms with van der Waals surface area (Å²) in [5.74, 6) is -0.258. The average Bonchev–Trinajstić information content (AvgIpc) is 3.37. The van der Waals surface area contributed by atoms with Gasteiger partial charge in [-0.25, -0.2) is 14.2 Å². The number of benzodiazepines with no additional fused rings is 1. The summed E-state index contributed by atoms with van der Waals surface area (Å²) in [5.41, 5.74) is 1.90. The number of anilines is 2. The zero-order chi connectivity index (χ0) is 28.3. The number of hydrogen-bond acceptors (Lipinski definition) is 4. The molecule has 7 rings (SSSR count). The molecular formula is C32H32FN5O3. The van der Waals surface area contributed by atoms with E-state index in [9.17, 15) is 14.4 Å². The number of nitrogens with one attached hydrogen (secondary N) is 2. The Morgan fingerprint density at radius 1 is 0.829 bits per heavy atom. The lowest BCUT2D eigenvalue weighted by atomic mass is 9.84. The maximum absolute atomic E-state index is 15.1. The Bertz CT molecular complexity index is 1470. The van der Waals surface area contributed by atoms with Gasteiger partial charge in [0.1, 0.15) is 12.4 Å². The van der Waals surface area contributed by atoms with Crippen LogP contribution in [0.25, 0.3) is 0 Å². The third kappa shape index (κ3) is 5.70. The smallest absolute Gasteiger partial charge is 0.321 e. The largest absolute Gasteiger partial charge is 0.341 e. The van der Waals surface area contributed by atoms with Crippen LogP contribution in [0.2, 0.25) is 0 Å². The van der Waals surface area contributed by atoms with Crippen molar-refractivity contribution in [3.8, 4) is 0 Å². The molecule has 1 unspecified atom stereocenters. The number of nitrogens with zero attached hydrogens (tertiary/aromatic N) is 3. The van der Waals surface area contributed by atoms with Gasteiger partial charge in [-0.2, -0.15) is 0 Å². The Kier molecular flexibility index (Phi) is 7.50. The normalized spacial score (nSPS) is 21.8. The van der Waals surface area contributed by atoms with E-state index >= 15 is 4.39 Å². The zero-order valence-electron chi connectivity index (χ0n) is 22.6. The van der Waals surface area contributed by atoms with Gasteiger partial charge in [0.25, 0.3) is 5.91 Å². The summed E-state index contributed by atoms with van der Waals surface area (Å²) in [7, 11) is 0. The molecule has 4 amide bonds. The molecule has 3 fully saturated rings. The highest BCUT2D eigenvalue weighted by atomic mass is 19.1. The van der Waals surface area contributed by atoms with E-state index in [-0.39, 0.29) is 23.7 Å². The summed E-state index contributed by atoms with van der Waals surface area (Å²) in [6.45, 7) is 1.18. The number of carbonyl (C=O) groups excluding carboxylic acids is 3. The van der Waals surface area contributed by atoms with E-state index in [1.807, 2.05) is 11.0 Å². The van der Waals surface area contributed by atoms with Gasteiger partial charge in [0.15, 0.2) is 0 Å². The molecular weight excluding hydrogens is 521 g/mol. The second kappa shape index (κ2) is 11.5. The molecule has 1 atom stereocenters. The minimum atomic E-state index is -1.39. The molecule has 1 saturated carbocycles. The van der Waals surface area contributed by atoms with Gasteiger partial charge < -0.3 is 15.5 Å². The number of hydrogen-bond donors (Lipinski definition) is 2. The van der Waals surface area contributed by atoms with Crippen molar-refractivity contribution in [2.75, 3.05) is 29.9 Å². The molecule has 2 bridgehead atoms. The van der Waals surface area contributed by atoms with Crippen LogP contribution in [0, 0.1) is 17.7 Å². The van der Waals surface area contributed by atoms with Gasteiger partial charge in [0.05, 0.1) is 11.4 Å². The van der Waals surface area contributed by atoms with Crippen LogP contribution in [-0.4, -0.2) is 54.3 Å². The van der Waals surface area contributed by atoms with E-state index in [4.69, 9.17) is 0 Å². The highest BCUT2D eigenvalue weighted by Crippen LogP contribution is 2.34. The van der Waals surface area contributed by atoms with Gasteiger partial charge in [0, 0.05) is 29.9 Å². The Balaban J connectivity index is 1.36. The first-order valence-corrected chi connectivity index (χ1v) is 14.1. The van der Waals surface area contributed by atoms with E-state index in [0.29, 0.717) is 41.9 Å². The molecule has 0 spiro atoms. The van der Waals surface area contributed by atoms with Crippen molar-refractivity contribution in [3.05, 3.63) is 95.8 Å². The number of amides is 4. The van der Waals surface area contributed by atoms with E-state index < -0.39 is 23.9 Å². The van der Waals surface area contributed by atoms with Crippen LogP contribution in [0.4, 0.5) is 20.6 Å². The number of halogens is 1. The zero-order valence-corrected chi connectivity index (χ0v) is 22.6. The number of aliphatic imine (C=N–C) groups is 1. The van der Waals surface area contributed by atoms with Crippen molar-refractivity contribution < 1.29 is 18.8 Å². The lowest BCUT2D eigenvalue weighted by molar-refractivity contribution is -0.132. The third-order valence-corrected chi connectivity index (χ3v) is 8.21. The molecule has 1 aliphatic carbocycles. The van der Waals surface area contributed by atoms with Crippen LogP contribution in [0.5, 0.6) is 0 Å². The van der Waals surface area contributed by atoms with Gasteiger partial charge in [-0.1, -0.05) is 48.5 Å². The molecule has 4 aliphatic rings. The molecule has 2 N–H and O–H groups in total. The number of para-hydroxylation sites is 2. The fourth-order valence-electron chi connectivity index (χ4n) is 6.10. The molecule has 3 aromatic carbocycles. The Labute approximate surface area is 238 Å². The molecule has 8 nitrogen and oxygen atoms in total. The first-order valence-electron chi connectivity index (χ1n) is 14.1. The topological polar surface area (TPSA) is 94.1 Å². The maximum atomic E-state index is 15.1. The van der Waals surface area contributed by atoms with Gasteiger partial charge >= 0.3 is 6.03 Å². The first kappa shape index (κ1) is 26.7. The van der Waals surface area contributed by atoms with Crippen LogP contribution < -0.4 is 15.5 Å². The summed E-state index contributed by atoms with van der Waals surface area (Å²) < 4.78 is 15.1. The minimum absolute atomic E-state index is 0.145. The van der Waals surface area contributed by atoms with Crippen molar-refractivity contribution in [2.24, 2.45) is 16.8 Å². The van der Waals surface area contributed by atoms with E-state index in [1.165, 1.54) is 11.0 Å². The van der Waals surface area contributed by atoms with Crippen molar-refractivity contribution in [1.82, 2.24) is 10.2 Å². The second-order valence-corrected chi connectivity index (χ2v) is 11.0. The SMILES string of the molecule is O=C(Nc1ccccc1)NC1N=C(c2ccccc2F)c2ccccc2N(CC(=O)N2CC3CCC(CC3)C2)C1=O. The predicted octanol–water partition coefficient (Wildman–Crippen LogP) is 4.81. The summed E-state index contributed by atoms with van der Waals surface area (Å²) in [5, 5.41) is 5.36. The Hall–Kier alpha value is -4.53. The maximum Gasteiger partial charge on any atom is 0.321 e. The Morgan fingerprint density at radius 2 is 1.44 bits per heavy atom. The van der Waals surface area contributed by atoms with Gasteiger partial charge in [-0.05, 0) is 67.9 Å². The lowest BCUT2D eigenvalue weighted by Crippen LogP contribution is -2.51. The number of carbonyl (C=O) groups is 3. The van der Waals surface area contributed by atoms with Crippen molar-refractivity contribution in [2.45, 2.75) is 31.8 Å². The van der Waals surface area contributed by atoms with Crippen LogP contribution in [-0.2, 0) is 9.59 Å². The van der Waals surface area contributed by atoms with Gasteiger partial charge in [0.2, 0.25) is 12.1 Å². The molecule has 2 saturated heterocycles. The highest BCUT2D eigenvalue weighted by molar-refractivity contribution is 6.21. The van der Waals surface area contributed by atoms with Crippen LogP contribution in [0.1, 0.15) is 36.8 Å². The average molecular weight is 554 g/mol. The predicted molar refractivity (Wildman–Crippen MR) is 155 cm³/mol. The number of rotatable bonds is 5. The van der Waals surface area contributed by atoms with Gasteiger partial charge in [-0.15, -0.1) is 0 Å². The minimum Gasteiger partial charge on any atom is -0.341 e. The van der Waals surface area contributed by atoms with Crippen LogP contribution in [0.3, 0.4) is 0 Å². The third-order valence-electron chi connectivity index (χ3n) is 8.21. The summed E-state index contributed by atoms with van der Waals surface area (Å²) in [6.07, 6.45) is 3.11. The summed E-state index contributed by atoms with van der Waals surface area (Å²) >= 11 is 0. The molecule has 210 valence electrons.